The Morgan fingerprint density at radius 1 is 1.00 bits per heavy atom. The van der Waals surface area contributed by atoms with Crippen LogP contribution in [0.3, 0.4) is 0 Å². The summed E-state index contributed by atoms with van der Waals surface area (Å²) < 4.78 is 38.8. The third-order valence-corrected chi connectivity index (χ3v) is 8.56. The fraction of sp³-hybridized carbons (Fsp3) is 0.731. The number of nitrogens with one attached hydrogen (secondary N) is 1. The van der Waals surface area contributed by atoms with E-state index in [0.717, 1.165) is 70.5 Å². The third kappa shape index (κ3) is 5.09. The quantitative estimate of drug-likeness (QED) is 0.687. The number of nitrogens with zero attached hydrogens (tertiary/aromatic N) is 2. The molecule has 0 radical (unpaired) electrons. The maximum Gasteiger partial charge on any atom is 0.391 e. The van der Waals surface area contributed by atoms with Crippen molar-refractivity contribution in [1.29, 1.82) is 0 Å². The van der Waals surface area contributed by atoms with Crippen LogP contribution in [0.5, 0.6) is 0 Å². The SMILES string of the molecule is O=C1c2ccc(C3CCN(C[C@H]4CC[C@H](C(F)(F)F)CC4)CC3)cc2CN1C1CCCNC1. The molecule has 0 spiro atoms. The van der Waals surface area contributed by atoms with E-state index in [1.807, 2.05) is 6.07 Å². The van der Waals surface area contributed by atoms with Crippen LogP contribution in [0, 0.1) is 11.8 Å². The molecule has 1 atom stereocenters. The van der Waals surface area contributed by atoms with Gasteiger partial charge in [-0.15, -0.1) is 0 Å². The number of fused-ring (bicyclic) bond motifs is 1. The molecule has 5 rings (SSSR count). The van der Waals surface area contributed by atoms with Crippen LogP contribution in [0.1, 0.15) is 78.8 Å². The molecule has 1 aromatic rings. The first-order valence-corrected chi connectivity index (χ1v) is 12.8. The second-order valence-electron chi connectivity index (χ2n) is 10.7. The Hall–Kier alpha value is -1.60. The van der Waals surface area contributed by atoms with E-state index in [9.17, 15) is 18.0 Å². The van der Waals surface area contributed by atoms with Gasteiger partial charge in [-0.05, 0) is 100 Å². The Labute approximate surface area is 194 Å². The zero-order valence-electron chi connectivity index (χ0n) is 19.4. The normalized spacial score (nSPS) is 30.0. The van der Waals surface area contributed by atoms with Crippen molar-refractivity contribution >= 4 is 5.91 Å². The lowest BCUT2D eigenvalue weighted by atomic mass is 9.81. The summed E-state index contributed by atoms with van der Waals surface area (Å²) in [5.41, 5.74) is 3.39. The fourth-order valence-corrected chi connectivity index (χ4v) is 6.50. The summed E-state index contributed by atoms with van der Waals surface area (Å²) in [5, 5.41) is 3.42. The van der Waals surface area contributed by atoms with Crippen LogP contribution in [-0.2, 0) is 6.54 Å². The Morgan fingerprint density at radius 3 is 2.42 bits per heavy atom. The highest BCUT2D eigenvalue weighted by molar-refractivity contribution is 5.98. The summed E-state index contributed by atoms with van der Waals surface area (Å²) in [6, 6.07) is 6.76. The minimum Gasteiger partial charge on any atom is -0.330 e. The Morgan fingerprint density at radius 2 is 1.76 bits per heavy atom. The van der Waals surface area contributed by atoms with E-state index in [-0.39, 0.29) is 5.91 Å². The number of carbonyl (C=O) groups excluding carboxylic acids is 1. The van der Waals surface area contributed by atoms with Crippen molar-refractivity contribution in [1.82, 2.24) is 15.1 Å². The van der Waals surface area contributed by atoms with Crippen molar-refractivity contribution in [2.24, 2.45) is 11.8 Å². The van der Waals surface area contributed by atoms with Gasteiger partial charge >= 0.3 is 6.18 Å². The number of hydrogen-bond donors (Lipinski definition) is 1. The number of benzene rings is 1. The number of amides is 1. The van der Waals surface area contributed by atoms with Gasteiger partial charge in [0.15, 0.2) is 0 Å². The summed E-state index contributed by atoms with van der Waals surface area (Å²) in [7, 11) is 0. The predicted octanol–water partition coefficient (Wildman–Crippen LogP) is 4.94. The van der Waals surface area contributed by atoms with E-state index in [2.05, 4.69) is 27.2 Å². The van der Waals surface area contributed by atoms with Gasteiger partial charge in [0.1, 0.15) is 0 Å². The van der Waals surface area contributed by atoms with E-state index in [1.54, 1.807) is 0 Å². The lowest BCUT2D eigenvalue weighted by Crippen LogP contribution is -2.46. The molecule has 1 saturated carbocycles. The van der Waals surface area contributed by atoms with Crippen LogP contribution in [-0.4, -0.2) is 60.6 Å². The van der Waals surface area contributed by atoms with Crippen LogP contribution >= 0.6 is 0 Å². The van der Waals surface area contributed by atoms with Crippen LogP contribution in [0.15, 0.2) is 18.2 Å². The summed E-state index contributed by atoms with van der Waals surface area (Å²) in [5.74, 6) is 0.0104. The number of likely N-dealkylation sites (tertiary alicyclic amines) is 1. The van der Waals surface area contributed by atoms with Crippen LogP contribution < -0.4 is 5.32 Å². The smallest absolute Gasteiger partial charge is 0.330 e. The van der Waals surface area contributed by atoms with Crippen LogP contribution in [0.2, 0.25) is 0 Å². The van der Waals surface area contributed by atoms with Gasteiger partial charge in [0.25, 0.3) is 5.91 Å². The lowest BCUT2D eigenvalue weighted by Gasteiger charge is -2.37. The molecule has 1 aliphatic carbocycles. The molecule has 0 bridgehead atoms. The highest BCUT2D eigenvalue weighted by Gasteiger charge is 2.41. The molecular weight excluding hydrogens is 427 g/mol. The lowest BCUT2D eigenvalue weighted by molar-refractivity contribution is -0.184. The molecule has 7 heteroatoms. The summed E-state index contributed by atoms with van der Waals surface area (Å²) >= 11 is 0. The first-order chi connectivity index (χ1) is 15.9. The minimum absolute atomic E-state index is 0.181. The zero-order valence-corrected chi connectivity index (χ0v) is 19.4. The van der Waals surface area contributed by atoms with Crippen molar-refractivity contribution in [3.05, 3.63) is 34.9 Å². The van der Waals surface area contributed by atoms with Gasteiger partial charge in [-0.2, -0.15) is 13.2 Å². The molecule has 4 aliphatic rings. The molecule has 4 nitrogen and oxygen atoms in total. The minimum atomic E-state index is -4.02. The molecule has 1 amide bonds. The van der Waals surface area contributed by atoms with Crippen molar-refractivity contribution in [3.8, 4) is 0 Å². The summed E-state index contributed by atoms with van der Waals surface area (Å²) in [6.45, 7) is 5.64. The molecule has 33 heavy (non-hydrogen) atoms. The summed E-state index contributed by atoms with van der Waals surface area (Å²) in [4.78, 5) is 17.4. The first-order valence-electron chi connectivity index (χ1n) is 12.8. The standard InChI is InChI=1S/C26H36F3N3O/c27-26(28,29)22-6-3-18(4-7-22)16-31-12-9-19(10-13-31)20-5-8-24-21(14-20)17-32(25(24)33)23-2-1-11-30-15-23/h5,8,14,18-19,22-23,30H,1-4,6-7,9-13,15-17H2/t18-,22-,23?. The average Bonchev–Trinajstić information content (AvgIpc) is 3.16. The highest BCUT2D eigenvalue weighted by atomic mass is 19.4. The maximum atomic E-state index is 12.9. The van der Waals surface area contributed by atoms with E-state index >= 15 is 0 Å². The largest absolute Gasteiger partial charge is 0.391 e. The van der Waals surface area contributed by atoms with Crippen LogP contribution in [0.4, 0.5) is 13.2 Å². The molecular formula is C26H36F3N3O. The van der Waals surface area contributed by atoms with Crippen molar-refractivity contribution in [3.63, 3.8) is 0 Å². The molecule has 182 valence electrons. The van der Waals surface area contributed by atoms with Crippen molar-refractivity contribution < 1.29 is 18.0 Å². The van der Waals surface area contributed by atoms with Crippen LogP contribution in [0.25, 0.3) is 0 Å². The van der Waals surface area contributed by atoms with Gasteiger partial charge in [-0.1, -0.05) is 12.1 Å². The zero-order chi connectivity index (χ0) is 23.0. The number of carbonyl (C=O) groups is 1. The molecule has 1 unspecified atom stereocenters. The van der Waals surface area contributed by atoms with Gasteiger partial charge in [0.05, 0.1) is 5.92 Å². The molecule has 3 aliphatic heterocycles. The molecule has 0 aromatic heterocycles. The molecule has 3 heterocycles. The molecule has 1 aromatic carbocycles. The van der Waals surface area contributed by atoms with Crippen molar-refractivity contribution in [2.75, 3.05) is 32.7 Å². The topological polar surface area (TPSA) is 35.6 Å². The number of rotatable bonds is 4. The maximum absolute atomic E-state index is 12.9. The monoisotopic (exact) mass is 463 g/mol. The van der Waals surface area contributed by atoms with Gasteiger partial charge in [-0.3, -0.25) is 4.79 Å². The van der Waals surface area contributed by atoms with E-state index in [4.69, 9.17) is 0 Å². The predicted molar refractivity (Wildman–Crippen MR) is 122 cm³/mol. The Kier molecular flexibility index (Phi) is 6.72. The van der Waals surface area contributed by atoms with Gasteiger partial charge in [0.2, 0.25) is 0 Å². The van der Waals surface area contributed by atoms with E-state index in [1.165, 1.54) is 11.1 Å². The summed E-state index contributed by atoms with van der Waals surface area (Å²) in [6.07, 6.45) is 2.36. The highest BCUT2D eigenvalue weighted by Crippen LogP contribution is 2.40. The molecule has 2 saturated heterocycles. The van der Waals surface area contributed by atoms with Gasteiger partial charge in [0, 0.05) is 31.2 Å². The second kappa shape index (κ2) is 9.57. The van der Waals surface area contributed by atoms with Crippen molar-refractivity contribution in [2.45, 2.75) is 76.0 Å². The molecule has 1 N–H and O–H groups in total. The Bertz CT molecular complexity index is 836. The van der Waals surface area contributed by atoms with E-state index < -0.39 is 12.1 Å². The second-order valence-corrected chi connectivity index (χ2v) is 10.7. The fourth-order valence-electron chi connectivity index (χ4n) is 6.50. The third-order valence-electron chi connectivity index (χ3n) is 8.56. The number of hydrogen-bond acceptors (Lipinski definition) is 3. The first kappa shape index (κ1) is 23.2. The number of halogens is 3. The average molecular weight is 464 g/mol. The molecule has 3 fully saturated rings. The number of piperidine rings is 2. The van der Waals surface area contributed by atoms with Gasteiger partial charge in [-0.25, -0.2) is 0 Å². The Balaban J connectivity index is 1.12. The number of alkyl halides is 3. The van der Waals surface area contributed by atoms with E-state index in [0.29, 0.717) is 43.6 Å². The van der Waals surface area contributed by atoms with Gasteiger partial charge < -0.3 is 15.1 Å².